The zero-order valence-corrected chi connectivity index (χ0v) is 12.1. The molecule has 1 aromatic carbocycles. The van der Waals surface area contributed by atoms with E-state index in [-0.39, 0.29) is 0 Å². The van der Waals surface area contributed by atoms with Crippen LogP contribution in [0.4, 0.5) is 0 Å². The highest BCUT2D eigenvalue weighted by molar-refractivity contribution is 5.31. The maximum Gasteiger partial charge on any atom is 0.0978 e. The van der Waals surface area contributed by atoms with Gasteiger partial charge in [-0.3, -0.25) is 0 Å². The summed E-state index contributed by atoms with van der Waals surface area (Å²) in [6.45, 7) is 6.49. The van der Waals surface area contributed by atoms with Gasteiger partial charge in [-0.1, -0.05) is 38.1 Å². The largest absolute Gasteiger partial charge is 0.387 e. The van der Waals surface area contributed by atoms with Crippen LogP contribution in [-0.2, 0) is 0 Å². The van der Waals surface area contributed by atoms with Crippen molar-refractivity contribution in [3.05, 3.63) is 35.4 Å². The lowest BCUT2D eigenvalue weighted by molar-refractivity contribution is 0.00920. The molecule has 1 N–H and O–H groups in total. The number of rotatable bonds is 2. The van der Waals surface area contributed by atoms with Crippen molar-refractivity contribution in [1.82, 2.24) is 0 Å². The minimum absolute atomic E-state index is 0.297. The predicted octanol–water partition coefficient (Wildman–Crippen LogP) is 4.14. The van der Waals surface area contributed by atoms with Crippen LogP contribution in [0.3, 0.4) is 0 Å². The number of hydrogen-bond donors (Lipinski definition) is 1. The second kappa shape index (κ2) is 4.98. The lowest BCUT2D eigenvalue weighted by Gasteiger charge is -2.42. The lowest BCUT2D eigenvalue weighted by Crippen LogP contribution is -2.35. The van der Waals surface area contributed by atoms with Crippen LogP contribution in [0, 0.1) is 29.1 Å². The monoisotopic (exact) mass is 257 g/mol. The smallest absolute Gasteiger partial charge is 0.0978 e. The first-order valence-corrected chi connectivity index (χ1v) is 7.05. The molecule has 0 bridgehead atoms. The minimum Gasteiger partial charge on any atom is -0.387 e. The van der Waals surface area contributed by atoms with E-state index < -0.39 is 11.5 Å². The van der Waals surface area contributed by atoms with E-state index in [1.807, 2.05) is 31.2 Å². The topological polar surface area (TPSA) is 44.0 Å². The first kappa shape index (κ1) is 14.1. The summed E-state index contributed by atoms with van der Waals surface area (Å²) in [5.74, 6) is 0. The first-order chi connectivity index (χ1) is 8.90. The summed E-state index contributed by atoms with van der Waals surface area (Å²) in [5, 5.41) is 20.3. The van der Waals surface area contributed by atoms with Crippen molar-refractivity contribution in [2.24, 2.45) is 10.8 Å². The standard InChI is InChI=1S/C17H23NO/c1-13-6-4-5-7-14(13)15(19)17(12-18)10-8-16(2,3)9-11-17/h4-7,15,19H,8-11H2,1-3H3. The van der Waals surface area contributed by atoms with Crippen molar-refractivity contribution in [1.29, 1.82) is 5.26 Å². The third kappa shape index (κ3) is 2.67. The van der Waals surface area contributed by atoms with Crippen molar-refractivity contribution >= 4 is 0 Å². The number of benzene rings is 1. The second-order valence-electron chi connectivity index (χ2n) is 6.69. The Bertz CT molecular complexity index is 488. The van der Waals surface area contributed by atoms with E-state index >= 15 is 0 Å². The summed E-state index contributed by atoms with van der Waals surface area (Å²) in [7, 11) is 0. The molecular formula is C17H23NO. The maximum absolute atomic E-state index is 10.7. The zero-order chi connectivity index (χ0) is 14.1. The molecule has 19 heavy (non-hydrogen) atoms. The van der Waals surface area contributed by atoms with Crippen LogP contribution in [0.1, 0.15) is 56.8 Å². The Hall–Kier alpha value is -1.33. The fraction of sp³-hybridized carbons (Fsp3) is 0.588. The molecule has 0 saturated heterocycles. The molecule has 2 rings (SSSR count). The van der Waals surface area contributed by atoms with Crippen molar-refractivity contribution in [2.45, 2.75) is 52.6 Å². The Morgan fingerprint density at radius 1 is 1.16 bits per heavy atom. The van der Waals surface area contributed by atoms with Gasteiger partial charge in [0.2, 0.25) is 0 Å². The fourth-order valence-electron chi connectivity index (χ4n) is 3.01. The second-order valence-corrected chi connectivity index (χ2v) is 6.69. The molecule has 0 aliphatic heterocycles. The highest BCUT2D eigenvalue weighted by atomic mass is 16.3. The molecule has 1 atom stereocenters. The Balaban J connectivity index is 2.29. The molecule has 1 aliphatic rings. The molecule has 2 heteroatoms. The molecule has 1 saturated carbocycles. The lowest BCUT2D eigenvalue weighted by atomic mass is 9.62. The Kier molecular flexibility index (Phi) is 3.69. The molecule has 0 heterocycles. The van der Waals surface area contributed by atoms with Gasteiger partial charge >= 0.3 is 0 Å². The number of nitrogens with zero attached hydrogens (tertiary/aromatic N) is 1. The van der Waals surface area contributed by atoms with Gasteiger partial charge in [0.25, 0.3) is 0 Å². The summed E-state index contributed by atoms with van der Waals surface area (Å²) in [6.07, 6.45) is 2.90. The molecule has 1 aromatic rings. The maximum atomic E-state index is 10.7. The number of nitriles is 1. The van der Waals surface area contributed by atoms with E-state index in [2.05, 4.69) is 19.9 Å². The molecule has 2 nitrogen and oxygen atoms in total. The SMILES string of the molecule is Cc1ccccc1C(O)C1(C#N)CCC(C)(C)CC1. The average molecular weight is 257 g/mol. The normalized spacial score (nSPS) is 22.5. The molecule has 0 radical (unpaired) electrons. The van der Waals surface area contributed by atoms with Gasteiger partial charge in [0.05, 0.1) is 17.6 Å². The summed E-state index contributed by atoms with van der Waals surface area (Å²) in [4.78, 5) is 0. The van der Waals surface area contributed by atoms with E-state index in [1.165, 1.54) is 0 Å². The highest BCUT2D eigenvalue weighted by Crippen LogP contribution is 2.51. The molecule has 1 aliphatic carbocycles. The molecule has 1 unspecified atom stereocenters. The summed E-state index contributed by atoms with van der Waals surface area (Å²) in [5.41, 5.74) is 1.66. The zero-order valence-electron chi connectivity index (χ0n) is 12.1. The predicted molar refractivity (Wildman–Crippen MR) is 76.4 cm³/mol. The van der Waals surface area contributed by atoms with Crippen LogP contribution in [0.25, 0.3) is 0 Å². The quantitative estimate of drug-likeness (QED) is 0.865. The van der Waals surface area contributed by atoms with E-state index in [4.69, 9.17) is 0 Å². The third-order valence-electron chi connectivity index (χ3n) is 4.72. The number of aliphatic hydroxyl groups excluding tert-OH is 1. The van der Waals surface area contributed by atoms with Gasteiger partial charge in [-0.2, -0.15) is 5.26 Å². The van der Waals surface area contributed by atoms with Crippen LogP contribution in [0.5, 0.6) is 0 Å². The molecular weight excluding hydrogens is 234 g/mol. The van der Waals surface area contributed by atoms with E-state index in [0.29, 0.717) is 5.41 Å². The van der Waals surface area contributed by atoms with Gasteiger partial charge in [-0.25, -0.2) is 0 Å². The Morgan fingerprint density at radius 3 is 2.26 bits per heavy atom. The Labute approximate surface area is 116 Å². The van der Waals surface area contributed by atoms with Gasteiger partial charge in [0.15, 0.2) is 0 Å². The summed E-state index contributed by atoms with van der Waals surface area (Å²) in [6, 6.07) is 10.3. The molecule has 0 amide bonds. The van der Waals surface area contributed by atoms with Gasteiger partial charge < -0.3 is 5.11 Å². The third-order valence-corrected chi connectivity index (χ3v) is 4.72. The number of hydrogen-bond acceptors (Lipinski definition) is 2. The molecule has 0 aromatic heterocycles. The molecule has 0 spiro atoms. The van der Waals surface area contributed by atoms with Gasteiger partial charge in [0.1, 0.15) is 0 Å². The van der Waals surface area contributed by atoms with E-state index in [0.717, 1.165) is 36.8 Å². The van der Waals surface area contributed by atoms with Crippen LogP contribution >= 0.6 is 0 Å². The van der Waals surface area contributed by atoms with Crippen LogP contribution in [0.2, 0.25) is 0 Å². The molecule has 1 fully saturated rings. The van der Waals surface area contributed by atoms with Crippen molar-refractivity contribution in [3.8, 4) is 6.07 Å². The van der Waals surface area contributed by atoms with Gasteiger partial charge in [-0.15, -0.1) is 0 Å². The van der Waals surface area contributed by atoms with Crippen LogP contribution < -0.4 is 0 Å². The van der Waals surface area contributed by atoms with E-state index in [1.54, 1.807) is 0 Å². The minimum atomic E-state index is -0.671. The number of aliphatic hydroxyl groups is 1. The van der Waals surface area contributed by atoms with Crippen LogP contribution in [-0.4, -0.2) is 5.11 Å². The first-order valence-electron chi connectivity index (χ1n) is 7.05. The fourth-order valence-corrected chi connectivity index (χ4v) is 3.01. The van der Waals surface area contributed by atoms with Gasteiger partial charge in [0, 0.05) is 0 Å². The molecule has 102 valence electrons. The van der Waals surface area contributed by atoms with Crippen LogP contribution in [0.15, 0.2) is 24.3 Å². The summed E-state index contributed by atoms with van der Waals surface area (Å²) >= 11 is 0. The highest BCUT2D eigenvalue weighted by Gasteiger charge is 2.44. The van der Waals surface area contributed by atoms with Crippen molar-refractivity contribution < 1.29 is 5.11 Å². The average Bonchev–Trinajstić information content (AvgIpc) is 2.39. The van der Waals surface area contributed by atoms with E-state index in [9.17, 15) is 10.4 Å². The van der Waals surface area contributed by atoms with Crippen molar-refractivity contribution in [2.75, 3.05) is 0 Å². The summed E-state index contributed by atoms with van der Waals surface area (Å²) < 4.78 is 0. The number of aryl methyl sites for hydroxylation is 1. The van der Waals surface area contributed by atoms with Gasteiger partial charge in [-0.05, 0) is 49.1 Å². The Morgan fingerprint density at radius 2 is 1.74 bits per heavy atom. The van der Waals surface area contributed by atoms with Crippen molar-refractivity contribution in [3.63, 3.8) is 0 Å².